The van der Waals surface area contributed by atoms with Gasteiger partial charge < -0.3 is 10.2 Å². The van der Waals surface area contributed by atoms with E-state index in [9.17, 15) is 9.59 Å². The lowest BCUT2D eigenvalue weighted by atomic mass is 9.96. The fourth-order valence-electron chi connectivity index (χ4n) is 3.31. The molecule has 6 heteroatoms. The van der Waals surface area contributed by atoms with Gasteiger partial charge in [0.25, 0.3) is 0 Å². The molecule has 3 rings (SSSR count). The van der Waals surface area contributed by atoms with E-state index in [0.29, 0.717) is 6.54 Å². The van der Waals surface area contributed by atoms with Gasteiger partial charge in [0.2, 0.25) is 11.8 Å². The zero-order valence-corrected chi connectivity index (χ0v) is 15.1. The van der Waals surface area contributed by atoms with Gasteiger partial charge in [0.15, 0.2) is 0 Å². The number of anilines is 1. The molecule has 24 heavy (non-hydrogen) atoms. The van der Waals surface area contributed by atoms with Gasteiger partial charge in [-0.1, -0.05) is 0 Å². The van der Waals surface area contributed by atoms with E-state index < -0.39 is 0 Å². The second-order valence-electron chi connectivity index (χ2n) is 8.14. The first-order valence-electron chi connectivity index (χ1n) is 8.92. The monoisotopic (exact) mass is 332 g/mol. The number of nitrogens with zero attached hydrogens (tertiary/aromatic N) is 3. The summed E-state index contributed by atoms with van der Waals surface area (Å²) in [6.45, 7) is 9.44. The minimum Gasteiger partial charge on any atom is -0.342 e. The fraction of sp³-hybridized carbons (Fsp3) is 0.722. The number of amides is 2. The number of rotatable bonds is 3. The lowest BCUT2D eigenvalue weighted by Crippen LogP contribution is -2.44. The maximum absolute atomic E-state index is 12.7. The predicted octanol–water partition coefficient (Wildman–Crippen LogP) is 2.53. The van der Waals surface area contributed by atoms with Crippen molar-refractivity contribution in [1.29, 1.82) is 0 Å². The van der Waals surface area contributed by atoms with Crippen molar-refractivity contribution in [2.45, 2.75) is 58.9 Å². The zero-order chi connectivity index (χ0) is 17.5. The van der Waals surface area contributed by atoms with Crippen molar-refractivity contribution in [3.63, 3.8) is 0 Å². The Balaban J connectivity index is 1.67. The Morgan fingerprint density at radius 2 is 1.92 bits per heavy atom. The summed E-state index contributed by atoms with van der Waals surface area (Å²) < 4.78 is 1.86. The molecule has 1 saturated heterocycles. The molecule has 2 heterocycles. The number of nitrogens with one attached hydrogen (secondary N) is 1. The van der Waals surface area contributed by atoms with Gasteiger partial charge in [-0.3, -0.25) is 9.59 Å². The number of piperidine rings is 1. The summed E-state index contributed by atoms with van der Waals surface area (Å²) in [5.74, 6) is 1.05. The molecule has 1 aliphatic heterocycles. The van der Waals surface area contributed by atoms with Crippen molar-refractivity contribution in [2.75, 3.05) is 18.4 Å². The van der Waals surface area contributed by atoms with Crippen molar-refractivity contribution in [2.24, 2.45) is 11.8 Å². The molecule has 1 aliphatic carbocycles. The van der Waals surface area contributed by atoms with Crippen LogP contribution >= 0.6 is 0 Å². The van der Waals surface area contributed by atoms with E-state index in [-0.39, 0.29) is 29.2 Å². The van der Waals surface area contributed by atoms with Gasteiger partial charge in [-0.2, -0.15) is 5.10 Å². The summed E-state index contributed by atoms with van der Waals surface area (Å²) in [6, 6.07) is 1.90. The number of aromatic nitrogens is 2. The minimum absolute atomic E-state index is 0.00584. The third-order valence-corrected chi connectivity index (χ3v) is 4.75. The molecule has 0 bridgehead atoms. The molecule has 2 fully saturated rings. The SMILES string of the molecule is Cc1cc(NC(=O)C2CCCN(C(=O)C3CC3)C2)n(C(C)(C)C)n1. The summed E-state index contributed by atoms with van der Waals surface area (Å²) >= 11 is 0. The Kier molecular flexibility index (Phi) is 4.40. The lowest BCUT2D eigenvalue weighted by molar-refractivity contribution is -0.135. The molecule has 6 nitrogen and oxygen atoms in total. The Morgan fingerprint density at radius 1 is 1.21 bits per heavy atom. The van der Waals surface area contributed by atoms with Crippen molar-refractivity contribution < 1.29 is 9.59 Å². The molecule has 0 radical (unpaired) electrons. The van der Waals surface area contributed by atoms with Crippen LogP contribution in [-0.2, 0) is 15.1 Å². The third-order valence-electron chi connectivity index (χ3n) is 4.75. The summed E-state index contributed by atoms with van der Waals surface area (Å²) in [5.41, 5.74) is 0.687. The largest absolute Gasteiger partial charge is 0.342 e. The highest BCUT2D eigenvalue weighted by molar-refractivity contribution is 5.92. The number of carbonyl (C=O) groups excluding carboxylic acids is 2. The van der Waals surface area contributed by atoms with Crippen LogP contribution in [0.5, 0.6) is 0 Å². The molecule has 1 atom stereocenters. The molecule has 1 saturated carbocycles. The topological polar surface area (TPSA) is 67.2 Å². The number of hydrogen-bond acceptors (Lipinski definition) is 3. The van der Waals surface area contributed by atoms with E-state index in [1.807, 2.05) is 22.6 Å². The summed E-state index contributed by atoms with van der Waals surface area (Å²) in [7, 11) is 0. The van der Waals surface area contributed by atoms with Crippen LogP contribution in [0.4, 0.5) is 5.82 Å². The van der Waals surface area contributed by atoms with E-state index in [0.717, 1.165) is 43.7 Å². The van der Waals surface area contributed by atoms with Gasteiger partial charge in [0, 0.05) is 25.1 Å². The van der Waals surface area contributed by atoms with Crippen LogP contribution in [0, 0.1) is 18.8 Å². The van der Waals surface area contributed by atoms with Crippen molar-refractivity contribution >= 4 is 17.6 Å². The molecule has 1 aromatic rings. The second kappa shape index (κ2) is 6.22. The standard InChI is InChI=1S/C18H28N4O2/c1-12-10-15(22(20-12)18(2,3)4)19-16(23)14-6-5-9-21(11-14)17(24)13-7-8-13/h10,13-14H,5-9,11H2,1-4H3,(H,19,23). The quantitative estimate of drug-likeness (QED) is 0.925. The van der Waals surface area contributed by atoms with Crippen LogP contribution in [0.2, 0.25) is 0 Å². The third kappa shape index (κ3) is 3.62. The van der Waals surface area contributed by atoms with Gasteiger partial charge >= 0.3 is 0 Å². The van der Waals surface area contributed by atoms with Crippen molar-refractivity contribution in [1.82, 2.24) is 14.7 Å². The van der Waals surface area contributed by atoms with Crippen LogP contribution in [0.15, 0.2) is 6.07 Å². The number of likely N-dealkylation sites (tertiary alicyclic amines) is 1. The summed E-state index contributed by atoms with van der Waals surface area (Å²) in [6.07, 6.45) is 3.75. The van der Waals surface area contributed by atoms with E-state index in [1.54, 1.807) is 0 Å². The van der Waals surface area contributed by atoms with E-state index >= 15 is 0 Å². The molecule has 1 unspecified atom stereocenters. The molecule has 1 aromatic heterocycles. The van der Waals surface area contributed by atoms with Crippen LogP contribution in [0.1, 0.15) is 52.1 Å². The molecular weight excluding hydrogens is 304 g/mol. The Morgan fingerprint density at radius 3 is 2.54 bits per heavy atom. The van der Waals surface area contributed by atoms with Gasteiger partial charge in [-0.25, -0.2) is 4.68 Å². The van der Waals surface area contributed by atoms with Gasteiger partial charge in [-0.05, 0) is 53.4 Å². The van der Waals surface area contributed by atoms with Crippen molar-refractivity contribution in [3.05, 3.63) is 11.8 Å². The van der Waals surface area contributed by atoms with Gasteiger partial charge in [-0.15, -0.1) is 0 Å². The Hall–Kier alpha value is -1.85. The molecular formula is C18H28N4O2. The highest BCUT2D eigenvalue weighted by Gasteiger charge is 2.37. The van der Waals surface area contributed by atoms with Crippen LogP contribution in [0.3, 0.4) is 0 Å². The highest BCUT2D eigenvalue weighted by atomic mass is 16.2. The number of hydrogen-bond donors (Lipinski definition) is 1. The van der Waals surface area contributed by atoms with Gasteiger partial charge in [0.05, 0.1) is 17.2 Å². The Bertz CT molecular complexity index is 640. The number of carbonyl (C=O) groups is 2. The normalized spacial score (nSPS) is 21.7. The minimum atomic E-state index is -0.197. The average molecular weight is 332 g/mol. The van der Waals surface area contributed by atoms with Gasteiger partial charge in [0.1, 0.15) is 5.82 Å². The summed E-state index contributed by atoms with van der Waals surface area (Å²) in [5, 5.41) is 7.53. The van der Waals surface area contributed by atoms with E-state index in [2.05, 4.69) is 31.2 Å². The molecule has 2 amide bonds. The molecule has 132 valence electrons. The van der Waals surface area contributed by atoms with E-state index in [4.69, 9.17) is 0 Å². The smallest absolute Gasteiger partial charge is 0.230 e. The first kappa shape index (κ1) is 17.0. The maximum atomic E-state index is 12.7. The Labute approximate surface area is 143 Å². The van der Waals surface area contributed by atoms with E-state index in [1.165, 1.54) is 0 Å². The second-order valence-corrected chi connectivity index (χ2v) is 8.14. The molecule has 0 spiro atoms. The lowest BCUT2D eigenvalue weighted by Gasteiger charge is -2.32. The number of aryl methyl sites for hydroxylation is 1. The maximum Gasteiger partial charge on any atom is 0.230 e. The summed E-state index contributed by atoms with van der Waals surface area (Å²) in [4.78, 5) is 26.9. The highest BCUT2D eigenvalue weighted by Crippen LogP contribution is 2.32. The zero-order valence-electron chi connectivity index (χ0n) is 15.1. The fourth-order valence-corrected chi connectivity index (χ4v) is 3.31. The predicted molar refractivity (Wildman–Crippen MR) is 92.6 cm³/mol. The molecule has 1 N–H and O–H groups in total. The van der Waals surface area contributed by atoms with Crippen LogP contribution in [0.25, 0.3) is 0 Å². The first-order chi connectivity index (χ1) is 11.3. The molecule has 0 aromatic carbocycles. The van der Waals surface area contributed by atoms with Crippen LogP contribution < -0.4 is 5.32 Å². The van der Waals surface area contributed by atoms with Crippen molar-refractivity contribution in [3.8, 4) is 0 Å². The average Bonchev–Trinajstić information content (AvgIpc) is 3.29. The van der Waals surface area contributed by atoms with Crippen LogP contribution in [-0.4, -0.2) is 39.6 Å². The first-order valence-corrected chi connectivity index (χ1v) is 8.92. The molecule has 2 aliphatic rings.